The molecule has 0 saturated carbocycles. The Balaban J connectivity index is 1.65. The van der Waals surface area contributed by atoms with Crippen LogP contribution in [0.5, 0.6) is 11.5 Å². The number of rotatable bonds is 6. The van der Waals surface area contributed by atoms with Gasteiger partial charge in [-0.05, 0) is 36.8 Å². The number of hydrogen-bond donors (Lipinski definition) is 1. The summed E-state index contributed by atoms with van der Waals surface area (Å²) in [6.45, 7) is 2.62. The highest BCUT2D eigenvalue weighted by atomic mass is 32.1. The largest absolute Gasteiger partial charge is 0.493 e. The van der Waals surface area contributed by atoms with Crippen LogP contribution >= 0.6 is 11.3 Å². The maximum absolute atomic E-state index is 13.3. The molecular weight excluding hydrogens is 386 g/mol. The van der Waals surface area contributed by atoms with Crippen LogP contribution in [0.4, 0.5) is 0 Å². The van der Waals surface area contributed by atoms with Crippen LogP contribution < -0.4 is 14.4 Å². The second kappa shape index (κ2) is 8.97. The molecule has 29 heavy (non-hydrogen) atoms. The SMILES string of the molecule is COc1cccc([C@H]2CC(c3cccs3)=NN2C(=O)C[NH+]2CCCCC2)c1OC. The topological polar surface area (TPSA) is 55.6 Å². The molecule has 3 heterocycles. The van der Waals surface area contributed by atoms with E-state index in [1.54, 1.807) is 30.6 Å². The van der Waals surface area contributed by atoms with Crippen molar-refractivity contribution in [3.63, 3.8) is 0 Å². The zero-order valence-corrected chi connectivity index (χ0v) is 17.8. The monoisotopic (exact) mass is 414 g/mol. The van der Waals surface area contributed by atoms with Gasteiger partial charge in [-0.1, -0.05) is 18.2 Å². The standard InChI is InChI=1S/C22H27N3O3S/c1-27-19-9-6-8-16(22(19)28-2)18-14-17(20-10-7-13-29-20)23-25(18)21(26)15-24-11-4-3-5-12-24/h6-10,13,18H,3-5,11-12,14-15H2,1-2H3/p+1/t18-/m1/s1. The highest BCUT2D eigenvalue weighted by molar-refractivity contribution is 7.12. The summed E-state index contributed by atoms with van der Waals surface area (Å²) >= 11 is 1.65. The second-order valence-corrected chi connectivity index (χ2v) is 8.50. The van der Waals surface area contributed by atoms with Crippen LogP contribution in [-0.4, -0.2) is 50.5 Å². The quantitative estimate of drug-likeness (QED) is 0.790. The number of ether oxygens (including phenoxy) is 2. The summed E-state index contributed by atoms with van der Waals surface area (Å²) in [5.74, 6) is 1.41. The summed E-state index contributed by atoms with van der Waals surface area (Å²) < 4.78 is 11.2. The molecule has 1 atom stereocenters. The molecule has 2 aliphatic heterocycles. The average Bonchev–Trinajstić information content (AvgIpc) is 3.43. The van der Waals surface area contributed by atoms with Crippen molar-refractivity contribution >= 4 is 23.0 Å². The van der Waals surface area contributed by atoms with Gasteiger partial charge < -0.3 is 14.4 Å². The van der Waals surface area contributed by atoms with Crippen LogP contribution in [0.15, 0.2) is 40.8 Å². The Labute approximate surface area is 175 Å². The van der Waals surface area contributed by atoms with Gasteiger partial charge >= 0.3 is 0 Å². The predicted molar refractivity (Wildman–Crippen MR) is 114 cm³/mol. The fraction of sp³-hybridized carbons (Fsp3) is 0.455. The maximum atomic E-state index is 13.3. The summed E-state index contributed by atoms with van der Waals surface area (Å²) in [7, 11) is 3.27. The molecule has 1 fully saturated rings. The van der Waals surface area contributed by atoms with Gasteiger partial charge in [0.15, 0.2) is 18.0 Å². The summed E-state index contributed by atoms with van der Waals surface area (Å²) in [5, 5.41) is 8.52. The number of hydrogen-bond acceptors (Lipinski definition) is 5. The van der Waals surface area contributed by atoms with Gasteiger partial charge in [0.1, 0.15) is 0 Å². The fourth-order valence-electron chi connectivity index (χ4n) is 4.27. The lowest BCUT2D eigenvalue weighted by atomic mass is 9.99. The number of para-hydroxylation sites is 1. The van der Waals surface area contributed by atoms with Crippen molar-refractivity contribution in [3.8, 4) is 11.5 Å². The maximum Gasteiger partial charge on any atom is 0.298 e. The lowest BCUT2D eigenvalue weighted by Gasteiger charge is -2.27. The first-order valence-electron chi connectivity index (χ1n) is 10.2. The summed E-state index contributed by atoms with van der Waals surface area (Å²) in [5.41, 5.74) is 1.89. The predicted octanol–water partition coefficient (Wildman–Crippen LogP) is 2.51. The fourth-order valence-corrected chi connectivity index (χ4v) is 4.99. The summed E-state index contributed by atoms with van der Waals surface area (Å²) in [6.07, 6.45) is 4.33. The minimum absolute atomic E-state index is 0.0725. The third kappa shape index (κ3) is 4.16. The van der Waals surface area contributed by atoms with E-state index >= 15 is 0 Å². The highest BCUT2D eigenvalue weighted by Crippen LogP contribution is 2.41. The Morgan fingerprint density at radius 3 is 2.69 bits per heavy atom. The van der Waals surface area contributed by atoms with E-state index in [-0.39, 0.29) is 11.9 Å². The Hall–Kier alpha value is -2.38. The summed E-state index contributed by atoms with van der Waals surface area (Å²) in [4.78, 5) is 15.8. The Bertz CT molecular complexity index is 875. The first kappa shape index (κ1) is 19.9. The average molecular weight is 415 g/mol. The smallest absolute Gasteiger partial charge is 0.298 e. The van der Waals surface area contributed by atoms with Gasteiger partial charge in [-0.3, -0.25) is 4.79 Å². The van der Waals surface area contributed by atoms with E-state index in [0.29, 0.717) is 24.5 Å². The zero-order chi connectivity index (χ0) is 20.2. The Morgan fingerprint density at radius 2 is 2.00 bits per heavy atom. The number of carbonyl (C=O) groups excluding carboxylic acids is 1. The molecule has 4 rings (SSSR count). The molecular formula is C22H28N3O3S+. The van der Waals surface area contributed by atoms with Gasteiger partial charge in [0.05, 0.1) is 43.9 Å². The number of nitrogens with one attached hydrogen (secondary N) is 1. The molecule has 2 aliphatic rings. The normalized spacial score (nSPS) is 19.9. The van der Waals surface area contributed by atoms with E-state index in [2.05, 4.69) is 6.07 Å². The molecule has 0 unspecified atom stereocenters. The van der Waals surface area contributed by atoms with Crippen molar-refractivity contribution in [3.05, 3.63) is 46.2 Å². The zero-order valence-electron chi connectivity index (χ0n) is 17.0. The van der Waals surface area contributed by atoms with Crippen molar-refractivity contribution < 1.29 is 19.2 Å². The molecule has 0 spiro atoms. The minimum Gasteiger partial charge on any atom is -0.493 e. The number of hydrazone groups is 1. The van der Waals surface area contributed by atoms with Gasteiger partial charge in [0.25, 0.3) is 5.91 Å². The van der Waals surface area contributed by atoms with Crippen molar-refractivity contribution in [1.29, 1.82) is 0 Å². The number of benzene rings is 1. The highest BCUT2D eigenvalue weighted by Gasteiger charge is 2.37. The third-order valence-corrected chi connectivity index (χ3v) is 6.64. The molecule has 0 radical (unpaired) electrons. The molecule has 7 heteroatoms. The van der Waals surface area contributed by atoms with Crippen LogP contribution in [0.25, 0.3) is 0 Å². The first-order chi connectivity index (χ1) is 14.2. The lowest BCUT2D eigenvalue weighted by molar-refractivity contribution is -0.897. The van der Waals surface area contributed by atoms with Crippen molar-refractivity contribution in [2.75, 3.05) is 33.9 Å². The Kier molecular flexibility index (Phi) is 6.16. The van der Waals surface area contributed by atoms with Gasteiger partial charge in [0.2, 0.25) is 0 Å². The molecule has 1 aromatic heterocycles. The number of nitrogens with zero attached hydrogens (tertiary/aromatic N) is 2. The number of carbonyl (C=O) groups is 1. The van der Waals surface area contributed by atoms with Gasteiger partial charge in [-0.2, -0.15) is 5.10 Å². The number of likely N-dealkylation sites (tertiary alicyclic amines) is 1. The van der Waals surface area contributed by atoms with Crippen molar-refractivity contribution in [2.45, 2.75) is 31.7 Å². The summed E-state index contributed by atoms with van der Waals surface area (Å²) in [6, 6.07) is 9.72. The van der Waals surface area contributed by atoms with E-state index in [1.807, 2.05) is 29.6 Å². The van der Waals surface area contributed by atoms with E-state index in [1.165, 1.54) is 24.2 Å². The number of piperidine rings is 1. The number of quaternary nitrogens is 1. The van der Waals surface area contributed by atoms with Crippen molar-refractivity contribution in [1.82, 2.24) is 5.01 Å². The van der Waals surface area contributed by atoms with Crippen LogP contribution in [0.1, 0.15) is 42.2 Å². The minimum atomic E-state index is -0.186. The number of amides is 1. The van der Waals surface area contributed by atoms with E-state index < -0.39 is 0 Å². The van der Waals surface area contributed by atoms with Crippen LogP contribution in [-0.2, 0) is 4.79 Å². The van der Waals surface area contributed by atoms with Crippen molar-refractivity contribution in [2.24, 2.45) is 5.10 Å². The lowest BCUT2D eigenvalue weighted by Crippen LogP contribution is -3.13. The van der Waals surface area contributed by atoms with Gasteiger partial charge in [-0.15, -0.1) is 11.3 Å². The molecule has 0 aliphatic carbocycles. The molecule has 1 saturated heterocycles. The van der Waals surface area contributed by atoms with Crippen LogP contribution in [0.3, 0.4) is 0 Å². The van der Waals surface area contributed by atoms with Crippen LogP contribution in [0, 0.1) is 0 Å². The number of thiophene rings is 1. The molecule has 1 amide bonds. The van der Waals surface area contributed by atoms with E-state index in [4.69, 9.17) is 14.6 Å². The van der Waals surface area contributed by atoms with E-state index in [9.17, 15) is 4.79 Å². The third-order valence-electron chi connectivity index (χ3n) is 5.73. The molecule has 0 bridgehead atoms. The molecule has 6 nitrogen and oxygen atoms in total. The molecule has 154 valence electrons. The second-order valence-electron chi connectivity index (χ2n) is 7.55. The first-order valence-corrected chi connectivity index (χ1v) is 11.1. The molecule has 2 aromatic rings. The van der Waals surface area contributed by atoms with E-state index in [0.717, 1.165) is 29.2 Å². The van der Waals surface area contributed by atoms with Crippen LogP contribution in [0.2, 0.25) is 0 Å². The molecule has 1 N–H and O–H groups in total. The van der Waals surface area contributed by atoms with Gasteiger partial charge in [-0.25, -0.2) is 5.01 Å². The van der Waals surface area contributed by atoms with Gasteiger partial charge in [0, 0.05) is 12.0 Å². The number of methoxy groups -OCH3 is 2. The Morgan fingerprint density at radius 1 is 1.17 bits per heavy atom. The molecule has 1 aromatic carbocycles.